The van der Waals surface area contributed by atoms with Gasteiger partial charge in [-0.25, -0.2) is 14.1 Å². The second-order valence-electron chi connectivity index (χ2n) is 4.77. The molecule has 0 aliphatic heterocycles. The number of aromatic nitrogens is 3. The van der Waals surface area contributed by atoms with Crippen LogP contribution < -0.4 is 0 Å². The summed E-state index contributed by atoms with van der Waals surface area (Å²) in [7, 11) is 0. The van der Waals surface area contributed by atoms with E-state index in [0.29, 0.717) is 17.0 Å². The molecule has 1 aromatic carbocycles. The Bertz CT molecular complexity index is 604. The molecule has 0 bridgehead atoms. The van der Waals surface area contributed by atoms with E-state index in [-0.39, 0.29) is 24.1 Å². The Balaban J connectivity index is 2.23. The molecule has 0 aliphatic carbocycles. The topological polar surface area (TPSA) is 47.8 Å². The summed E-state index contributed by atoms with van der Waals surface area (Å²) in [5.41, 5.74) is 1.17. The molecule has 0 atom stereocenters. The maximum absolute atomic E-state index is 13.0. The maximum Gasteiger partial charge on any atom is 0.170 e. The Hall–Kier alpha value is -2.04. The van der Waals surface area contributed by atoms with Gasteiger partial charge >= 0.3 is 0 Å². The lowest BCUT2D eigenvalue weighted by Crippen LogP contribution is -2.14. The quantitative estimate of drug-likeness (QED) is 0.795. The Morgan fingerprint density at radius 3 is 2.79 bits per heavy atom. The minimum Gasteiger partial charge on any atom is -0.294 e. The summed E-state index contributed by atoms with van der Waals surface area (Å²) >= 11 is 0. The second-order valence-corrected chi connectivity index (χ2v) is 4.77. The van der Waals surface area contributed by atoms with Gasteiger partial charge in [-0.2, -0.15) is 5.10 Å². The molecule has 0 N–H and O–H groups in total. The number of ketones is 1. The van der Waals surface area contributed by atoms with E-state index in [0.717, 1.165) is 0 Å². The smallest absolute Gasteiger partial charge is 0.170 e. The van der Waals surface area contributed by atoms with E-state index in [1.165, 1.54) is 24.5 Å². The third kappa shape index (κ3) is 2.86. The lowest BCUT2D eigenvalue weighted by atomic mass is 10.0. The van der Waals surface area contributed by atoms with Crippen LogP contribution >= 0.6 is 0 Å². The van der Waals surface area contributed by atoms with E-state index in [1.807, 2.05) is 13.8 Å². The minimum absolute atomic E-state index is 0.0765. The van der Waals surface area contributed by atoms with Crippen LogP contribution in [0.5, 0.6) is 0 Å². The van der Waals surface area contributed by atoms with Crippen molar-refractivity contribution >= 4 is 5.78 Å². The van der Waals surface area contributed by atoms with Crippen molar-refractivity contribution in [2.45, 2.75) is 33.2 Å². The van der Waals surface area contributed by atoms with Crippen LogP contribution in [0.3, 0.4) is 0 Å². The molecular formula is C14H16FN3O. The highest BCUT2D eigenvalue weighted by Gasteiger charge is 2.15. The first-order chi connectivity index (χ1) is 8.99. The molecule has 1 heterocycles. The number of rotatable bonds is 4. The van der Waals surface area contributed by atoms with Gasteiger partial charge in [0.1, 0.15) is 18.0 Å². The van der Waals surface area contributed by atoms with Gasteiger partial charge in [0.15, 0.2) is 5.78 Å². The largest absolute Gasteiger partial charge is 0.294 e. The summed E-state index contributed by atoms with van der Waals surface area (Å²) in [5, 5.41) is 4.09. The van der Waals surface area contributed by atoms with Crippen LogP contribution in [0.2, 0.25) is 0 Å². The first kappa shape index (κ1) is 13.4. The Morgan fingerprint density at radius 1 is 1.42 bits per heavy atom. The normalized spacial score (nSPS) is 11.0. The monoisotopic (exact) mass is 261 g/mol. The highest BCUT2D eigenvalue weighted by Crippen LogP contribution is 2.14. The van der Waals surface area contributed by atoms with Gasteiger partial charge in [0, 0.05) is 11.6 Å². The molecule has 19 heavy (non-hydrogen) atoms. The van der Waals surface area contributed by atoms with Crippen molar-refractivity contribution in [3.63, 3.8) is 0 Å². The average molecular weight is 261 g/mol. The lowest BCUT2D eigenvalue weighted by Gasteiger charge is -2.09. The van der Waals surface area contributed by atoms with E-state index in [4.69, 9.17) is 0 Å². The zero-order valence-corrected chi connectivity index (χ0v) is 11.2. The number of hydrogen-bond acceptors (Lipinski definition) is 3. The third-order valence-corrected chi connectivity index (χ3v) is 2.94. The molecule has 0 saturated carbocycles. The van der Waals surface area contributed by atoms with E-state index in [9.17, 15) is 9.18 Å². The van der Waals surface area contributed by atoms with Crippen molar-refractivity contribution in [3.8, 4) is 0 Å². The van der Waals surface area contributed by atoms with Crippen molar-refractivity contribution in [2.24, 2.45) is 0 Å². The van der Waals surface area contributed by atoms with Gasteiger partial charge in [0.2, 0.25) is 0 Å². The molecule has 100 valence electrons. The fourth-order valence-corrected chi connectivity index (χ4v) is 2.01. The second kappa shape index (κ2) is 5.30. The van der Waals surface area contributed by atoms with Crippen LogP contribution in [0.1, 0.15) is 41.6 Å². The van der Waals surface area contributed by atoms with E-state index in [1.54, 1.807) is 11.6 Å². The zero-order valence-electron chi connectivity index (χ0n) is 11.2. The first-order valence-corrected chi connectivity index (χ1v) is 6.16. The van der Waals surface area contributed by atoms with Gasteiger partial charge in [-0.15, -0.1) is 0 Å². The summed E-state index contributed by atoms with van der Waals surface area (Å²) < 4.78 is 14.7. The molecule has 0 unspecified atom stereocenters. The molecule has 5 heteroatoms. The molecule has 0 radical (unpaired) electrons. The van der Waals surface area contributed by atoms with Gasteiger partial charge in [0.05, 0.1) is 6.42 Å². The van der Waals surface area contributed by atoms with Crippen LogP contribution in [0, 0.1) is 12.7 Å². The van der Waals surface area contributed by atoms with Crippen molar-refractivity contribution in [2.75, 3.05) is 0 Å². The van der Waals surface area contributed by atoms with Gasteiger partial charge in [-0.1, -0.05) is 0 Å². The predicted octanol–water partition coefficient (Wildman–Crippen LogP) is 2.73. The summed E-state index contributed by atoms with van der Waals surface area (Å²) in [5.74, 6) is 0.218. The average Bonchev–Trinajstić information content (AvgIpc) is 2.76. The molecular weight excluding hydrogens is 245 g/mol. The lowest BCUT2D eigenvalue weighted by molar-refractivity contribution is 0.0988. The zero-order chi connectivity index (χ0) is 14.0. The maximum atomic E-state index is 13.0. The number of halogens is 1. The molecule has 0 aliphatic rings. The summed E-state index contributed by atoms with van der Waals surface area (Å²) in [4.78, 5) is 16.3. The fraction of sp³-hybridized carbons (Fsp3) is 0.357. The fourth-order valence-electron chi connectivity index (χ4n) is 2.01. The van der Waals surface area contributed by atoms with Crippen molar-refractivity contribution in [3.05, 3.63) is 47.3 Å². The minimum atomic E-state index is -0.334. The molecule has 2 rings (SSSR count). The molecule has 1 aromatic heterocycles. The van der Waals surface area contributed by atoms with Crippen LogP contribution in [0.4, 0.5) is 4.39 Å². The molecule has 0 saturated heterocycles. The van der Waals surface area contributed by atoms with Crippen molar-refractivity contribution in [1.29, 1.82) is 0 Å². The van der Waals surface area contributed by atoms with E-state index in [2.05, 4.69) is 10.1 Å². The number of aryl methyl sites for hydroxylation is 1. The van der Waals surface area contributed by atoms with Crippen LogP contribution in [-0.4, -0.2) is 20.5 Å². The van der Waals surface area contributed by atoms with E-state index < -0.39 is 0 Å². The van der Waals surface area contributed by atoms with Gasteiger partial charge in [-0.3, -0.25) is 4.79 Å². The van der Waals surface area contributed by atoms with Gasteiger partial charge in [-0.05, 0) is 44.5 Å². The van der Waals surface area contributed by atoms with Crippen molar-refractivity contribution < 1.29 is 9.18 Å². The molecule has 0 amide bonds. The predicted molar refractivity (Wildman–Crippen MR) is 69.6 cm³/mol. The number of carbonyl (C=O) groups excluding carboxylic acids is 1. The SMILES string of the molecule is Cc1cc(F)ccc1C(=O)Cc1ncnn1C(C)C. The summed E-state index contributed by atoms with van der Waals surface area (Å²) in [6.07, 6.45) is 1.62. The van der Waals surface area contributed by atoms with Crippen LogP contribution in [0.25, 0.3) is 0 Å². The molecule has 4 nitrogen and oxygen atoms in total. The van der Waals surface area contributed by atoms with Gasteiger partial charge in [0.25, 0.3) is 0 Å². The van der Waals surface area contributed by atoms with Crippen LogP contribution in [-0.2, 0) is 6.42 Å². The molecule has 0 spiro atoms. The number of Topliss-reactive ketones (excluding diaryl/α,β-unsaturated/α-hetero) is 1. The van der Waals surface area contributed by atoms with E-state index >= 15 is 0 Å². The summed E-state index contributed by atoms with van der Waals surface area (Å²) in [6.45, 7) is 5.68. The summed E-state index contributed by atoms with van der Waals surface area (Å²) in [6, 6.07) is 4.33. The Morgan fingerprint density at radius 2 is 2.16 bits per heavy atom. The number of benzene rings is 1. The molecule has 0 fully saturated rings. The third-order valence-electron chi connectivity index (χ3n) is 2.94. The number of hydrogen-bond donors (Lipinski definition) is 0. The highest BCUT2D eigenvalue weighted by molar-refractivity contribution is 5.98. The van der Waals surface area contributed by atoms with Gasteiger partial charge < -0.3 is 0 Å². The number of carbonyl (C=O) groups is 1. The molecule has 2 aromatic rings. The number of nitrogens with zero attached hydrogens (tertiary/aromatic N) is 3. The Kier molecular flexibility index (Phi) is 3.74. The Labute approximate surface area is 111 Å². The highest BCUT2D eigenvalue weighted by atomic mass is 19.1. The first-order valence-electron chi connectivity index (χ1n) is 6.16. The van der Waals surface area contributed by atoms with Crippen LogP contribution in [0.15, 0.2) is 24.5 Å². The van der Waals surface area contributed by atoms with Crippen molar-refractivity contribution in [1.82, 2.24) is 14.8 Å². The standard InChI is InChI=1S/C14H16FN3O/c1-9(2)18-14(16-8-17-18)7-13(19)12-5-4-11(15)6-10(12)3/h4-6,8-9H,7H2,1-3H3.